The third-order valence-electron chi connectivity index (χ3n) is 3.01. The zero-order chi connectivity index (χ0) is 13.7. The lowest BCUT2D eigenvalue weighted by atomic mass is 10.2. The van der Waals surface area contributed by atoms with Gasteiger partial charge >= 0.3 is 0 Å². The van der Waals surface area contributed by atoms with Crippen molar-refractivity contribution in [2.45, 2.75) is 26.3 Å². The van der Waals surface area contributed by atoms with E-state index in [1.54, 1.807) is 0 Å². The maximum Gasteiger partial charge on any atom is 0.119 e. The second kappa shape index (κ2) is 6.27. The molecule has 1 unspecified atom stereocenters. The standard InChI is InChI=1S/C15H21N3O/c1-4-11-19-14-7-5-13(6-8-14)17-12(2)15-9-10-16-18(15)3/h5-10,12,17H,4,11H2,1-3H3. The van der Waals surface area contributed by atoms with Gasteiger partial charge in [0, 0.05) is 18.9 Å². The van der Waals surface area contributed by atoms with Gasteiger partial charge in [-0.3, -0.25) is 4.68 Å². The minimum Gasteiger partial charge on any atom is -0.494 e. The Labute approximate surface area is 114 Å². The predicted octanol–water partition coefficient (Wildman–Crippen LogP) is 3.38. The number of hydrogen-bond donors (Lipinski definition) is 1. The SMILES string of the molecule is CCCOc1ccc(NC(C)c2ccnn2C)cc1. The average Bonchev–Trinajstić information content (AvgIpc) is 2.84. The van der Waals surface area contributed by atoms with E-state index in [0.29, 0.717) is 0 Å². The predicted molar refractivity (Wildman–Crippen MR) is 77.5 cm³/mol. The Kier molecular flexibility index (Phi) is 4.44. The van der Waals surface area contributed by atoms with Crippen LogP contribution in [0.25, 0.3) is 0 Å². The Morgan fingerprint density at radius 2 is 2.00 bits per heavy atom. The fraction of sp³-hybridized carbons (Fsp3) is 0.400. The van der Waals surface area contributed by atoms with Gasteiger partial charge in [-0.05, 0) is 43.7 Å². The lowest BCUT2D eigenvalue weighted by Crippen LogP contribution is -2.11. The molecule has 19 heavy (non-hydrogen) atoms. The van der Waals surface area contributed by atoms with Crippen molar-refractivity contribution < 1.29 is 4.74 Å². The van der Waals surface area contributed by atoms with Gasteiger partial charge in [0.25, 0.3) is 0 Å². The molecule has 0 bridgehead atoms. The lowest BCUT2D eigenvalue weighted by Gasteiger charge is -2.16. The second-order valence-electron chi connectivity index (χ2n) is 4.62. The van der Waals surface area contributed by atoms with Crippen LogP contribution in [0.4, 0.5) is 5.69 Å². The molecule has 0 spiro atoms. The van der Waals surface area contributed by atoms with E-state index in [9.17, 15) is 0 Å². The van der Waals surface area contributed by atoms with Crippen LogP contribution in [0, 0.1) is 0 Å². The van der Waals surface area contributed by atoms with Gasteiger partial charge in [-0.25, -0.2) is 0 Å². The number of hydrogen-bond acceptors (Lipinski definition) is 3. The third-order valence-corrected chi connectivity index (χ3v) is 3.01. The number of rotatable bonds is 6. The Morgan fingerprint density at radius 3 is 2.58 bits per heavy atom. The number of nitrogens with one attached hydrogen (secondary N) is 1. The van der Waals surface area contributed by atoms with Crippen LogP contribution in [0.3, 0.4) is 0 Å². The zero-order valence-corrected chi connectivity index (χ0v) is 11.8. The maximum absolute atomic E-state index is 5.56. The molecule has 0 radical (unpaired) electrons. The summed E-state index contributed by atoms with van der Waals surface area (Å²) >= 11 is 0. The van der Waals surface area contributed by atoms with Crippen LogP contribution in [-0.4, -0.2) is 16.4 Å². The fourth-order valence-corrected chi connectivity index (χ4v) is 2.00. The van der Waals surface area contributed by atoms with Gasteiger partial charge < -0.3 is 10.1 Å². The monoisotopic (exact) mass is 259 g/mol. The van der Waals surface area contributed by atoms with E-state index in [-0.39, 0.29) is 6.04 Å². The molecule has 0 saturated heterocycles. The minimum atomic E-state index is 0.218. The number of nitrogens with zero attached hydrogens (tertiary/aromatic N) is 2. The molecule has 0 aliphatic carbocycles. The summed E-state index contributed by atoms with van der Waals surface area (Å²) in [5.41, 5.74) is 2.24. The number of aromatic nitrogens is 2. The summed E-state index contributed by atoms with van der Waals surface area (Å²) in [5, 5.41) is 7.64. The van der Waals surface area contributed by atoms with Crippen LogP contribution in [0.2, 0.25) is 0 Å². The Bertz CT molecular complexity index is 504. The van der Waals surface area contributed by atoms with E-state index in [0.717, 1.165) is 30.2 Å². The molecule has 1 aromatic carbocycles. The van der Waals surface area contributed by atoms with Gasteiger partial charge in [-0.15, -0.1) is 0 Å². The van der Waals surface area contributed by atoms with Crippen LogP contribution >= 0.6 is 0 Å². The summed E-state index contributed by atoms with van der Waals surface area (Å²) in [5.74, 6) is 0.917. The van der Waals surface area contributed by atoms with Gasteiger partial charge in [0.15, 0.2) is 0 Å². The highest BCUT2D eigenvalue weighted by Crippen LogP contribution is 2.21. The van der Waals surface area contributed by atoms with Gasteiger partial charge in [0.2, 0.25) is 0 Å². The fourth-order valence-electron chi connectivity index (χ4n) is 2.00. The van der Waals surface area contributed by atoms with Crippen molar-refractivity contribution in [2.75, 3.05) is 11.9 Å². The van der Waals surface area contributed by atoms with Crippen molar-refractivity contribution in [3.05, 3.63) is 42.2 Å². The first-order chi connectivity index (χ1) is 9.20. The van der Waals surface area contributed by atoms with Gasteiger partial charge in [-0.2, -0.15) is 5.10 Å². The zero-order valence-electron chi connectivity index (χ0n) is 11.8. The summed E-state index contributed by atoms with van der Waals surface area (Å²) in [6.07, 6.45) is 2.84. The van der Waals surface area contributed by atoms with Crippen molar-refractivity contribution in [2.24, 2.45) is 7.05 Å². The molecule has 0 aliphatic heterocycles. The number of aryl methyl sites for hydroxylation is 1. The third kappa shape index (κ3) is 3.50. The summed E-state index contributed by atoms with van der Waals surface area (Å²) in [7, 11) is 1.95. The second-order valence-corrected chi connectivity index (χ2v) is 4.62. The molecule has 0 saturated carbocycles. The van der Waals surface area contributed by atoms with E-state index in [2.05, 4.69) is 24.3 Å². The van der Waals surface area contributed by atoms with Crippen LogP contribution < -0.4 is 10.1 Å². The Hall–Kier alpha value is -1.97. The molecule has 102 valence electrons. The molecule has 1 atom stereocenters. The largest absolute Gasteiger partial charge is 0.494 e. The molecular formula is C15H21N3O. The molecule has 1 heterocycles. The Balaban J connectivity index is 1.97. The van der Waals surface area contributed by atoms with Crippen molar-refractivity contribution in [3.63, 3.8) is 0 Å². The summed E-state index contributed by atoms with van der Waals surface area (Å²) in [6, 6.07) is 10.3. The molecule has 2 rings (SSSR count). The first kappa shape index (κ1) is 13.5. The van der Waals surface area contributed by atoms with Crippen molar-refractivity contribution >= 4 is 5.69 Å². The van der Waals surface area contributed by atoms with Gasteiger partial charge in [0.05, 0.1) is 18.3 Å². The molecule has 4 heteroatoms. The molecule has 2 aromatic rings. The molecular weight excluding hydrogens is 238 g/mol. The summed E-state index contributed by atoms with van der Waals surface area (Å²) in [4.78, 5) is 0. The van der Waals surface area contributed by atoms with Crippen molar-refractivity contribution in [1.82, 2.24) is 9.78 Å². The normalized spacial score (nSPS) is 12.2. The van der Waals surface area contributed by atoms with E-state index in [4.69, 9.17) is 4.74 Å². The van der Waals surface area contributed by atoms with E-state index in [1.165, 1.54) is 0 Å². The number of benzene rings is 1. The van der Waals surface area contributed by atoms with Gasteiger partial charge in [-0.1, -0.05) is 6.92 Å². The maximum atomic E-state index is 5.56. The quantitative estimate of drug-likeness (QED) is 0.864. The molecule has 0 amide bonds. The number of anilines is 1. The van der Waals surface area contributed by atoms with Gasteiger partial charge in [0.1, 0.15) is 5.75 Å². The molecule has 0 fully saturated rings. The Morgan fingerprint density at radius 1 is 1.26 bits per heavy atom. The smallest absolute Gasteiger partial charge is 0.119 e. The first-order valence-electron chi connectivity index (χ1n) is 6.68. The molecule has 4 nitrogen and oxygen atoms in total. The van der Waals surface area contributed by atoms with Crippen LogP contribution in [-0.2, 0) is 7.05 Å². The van der Waals surface area contributed by atoms with Crippen molar-refractivity contribution in [3.8, 4) is 5.75 Å². The van der Waals surface area contributed by atoms with Crippen LogP contribution in [0.15, 0.2) is 36.5 Å². The van der Waals surface area contributed by atoms with Crippen LogP contribution in [0.1, 0.15) is 32.0 Å². The summed E-state index contributed by atoms with van der Waals surface area (Å²) < 4.78 is 7.45. The molecule has 1 N–H and O–H groups in total. The topological polar surface area (TPSA) is 39.1 Å². The molecule has 0 aliphatic rings. The minimum absolute atomic E-state index is 0.218. The van der Waals surface area contributed by atoms with E-state index in [1.807, 2.05) is 48.3 Å². The first-order valence-corrected chi connectivity index (χ1v) is 6.68. The average molecular weight is 259 g/mol. The highest BCUT2D eigenvalue weighted by Gasteiger charge is 2.08. The highest BCUT2D eigenvalue weighted by molar-refractivity contribution is 5.47. The highest BCUT2D eigenvalue weighted by atomic mass is 16.5. The lowest BCUT2D eigenvalue weighted by molar-refractivity contribution is 0.317. The number of ether oxygens (including phenoxy) is 1. The summed E-state index contributed by atoms with van der Waals surface area (Å²) in [6.45, 7) is 4.99. The van der Waals surface area contributed by atoms with E-state index >= 15 is 0 Å². The molecule has 1 aromatic heterocycles. The van der Waals surface area contributed by atoms with Crippen molar-refractivity contribution in [1.29, 1.82) is 0 Å². The van der Waals surface area contributed by atoms with E-state index < -0.39 is 0 Å². The van der Waals surface area contributed by atoms with Crippen LogP contribution in [0.5, 0.6) is 5.75 Å².